The van der Waals surface area contributed by atoms with Gasteiger partial charge in [0, 0.05) is 36.9 Å². The summed E-state index contributed by atoms with van der Waals surface area (Å²) in [5, 5.41) is 3.58. The molecule has 5 nitrogen and oxygen atoms in total. The van der Waals surface area contributed by atoms with Crippen LogP contribution in [0.15, 0.2) is 97.3 Å². The number of pyridine rings is 1. The van der Waals surface area contributed by atoms with Crippen molar-refractivity contribution < 1.29 is 0 Å². The van der Waals surface area contributed by atoms with E-state index in [1.807, 2.05) is 41.2 Å². The van der Waals surface area contributed by atoms with Crippen LogP contribution in [0, 0.1) is 0 Å². The Morgan fingerprint density at radius 3 is 2.40 bits per heavy atom. The Bertz CT molecular complexity index is 1110. The SMILES string of the molecule is CN1CCNC1c1cccc(N(c2ccccc2)c2cccc(-n3cccc3)n2)c1. The molecule has 0 bridgehead atoms. The van der Waals surface area contributed by atoms with Crippen molar-refractivity contribution in [3.05, 3.63) is 103 Å². The standard InChI is InChI=1S/C25H25N5/c1-28-18-15-26-25(28)20-9-7-12-22(19-20)30(21-10-3-2-4-11-21)24-14-8-13-23(27-24)29-16-5-6-17-29/h2-14,16-17,19,25-26H,15,18H2,1H3. The van der Waals surface area contributed by atoms with Crippen molar-refractivity contribution in [2.75, 3.05) is 25.0 Å². The highest BCUT2D eigenvalue weighted by Gasteiger charge is 2.23. The third-order valence-electron chi connectivity index (χ3n) is 5.52. The first-order valence-corrected chi connectivity index (χ1v) is 10.3. The van der Waals surface area contributed by atoms with E-state index in [1.54, 1.807) is 0 Å². The Balaban J connectivity index is 1.60. The first-order chi connectivity index (χ1) is 14.8. The molecule has 1 unspecified atom stereocenters. The molecule has 0 aliphatic carbocycles. The van der Waals surface area contributed by atoms with Gasteiger partial charge >= 0.3 is 0 Å². The molecule has 0 spiro atoms. The van der Waals surface area contributed by atoms with Gasteiger partial charge in [-0.2, -0.15) is 0 Å². The highest BCUT2D eigenvalue weighted by atomic mass is 15.3. The smallest absolute Gasteiger partial charge is 0.140 e. The topological polar surface area (TPSA) is 36.3 Å². The van der Waals surface area contributed by atoms with Crippen molar-refractivity contribution in [3.8, 4) is 5.82 Å². The van der Waals surface area contributed by atoms with Gasteiger partial charge in [-0.15, -0.1) is 0 Å². The zero-order valence-corrected chi connectivity index (χ0v) is 17.0. The maximum absolute atomic E-state index is 4.97. The van der Waals surface area contributed by atoms with Crippen LogP contribution in [0.2, 0.25) is 0 Å². The molecule has 0 radical (unpaired) electrons. The van der Waals surface area contributed by atoms with Crippen molar-refractivity contribution in [3.63, 3.8) is 0 Å². The highest BCUT2D eigenvalue weighted by Crippen LogP contribution is 2.35. The number of benzene rings is 2. The van der Waals surface area contributed by atoms with Crippen LogP contribution in [0.3, 0.4) is 0 Å². The minimum absolute atomic E-state index is 0.238. The molecule has 4 aromatic rings. The second kappa shape index (κ2) is 8.14. The molecule has 2 aromatic carbocycles. The van der Waals surface area contributed by atoms with Crippen LogP contribution in [0.25, 0.3) is 5.82 Å². The van der Waals surface area contributed by atoms with E-state index in [0.717, 1.165) is 36.1 Å². The van der Waals surface area contributed by atoms with Gasteiger partial charge in [0.2, 0.25) is 0 Å². The number of nitrogens with one attached hydrogen (secondary N) is 1. The van der Waals surface area contributed by atoms with E-state index in [9.17, 15) is 0 Å². The number of para-hydroxylation sites is 1. The second-order valence-electron chi connectivity index (χ2n) is 7.55. The fourth-order valence-corrected chi connectivity index (χ4v) is 4.03. The van der Waals surface area contributed by atoms with Crippen LogP contribution >= 0.6 is 0 Å². The Morgan fingerprint density at radius 1 is 0.867 bits per heavy atom. The summed E-state index contributed by atoms with van der Waals surface area (Å²) in [7, 11) is 2.16. The van der Waals surface area contributed by atoms with E-state index >= 15 is 0 Å². The fraction of sp³-hybridized carbons (Fsp3) is 0.160. The first-order valence-electron chi connectivity index (χ1n) is 10.3. The third-order valence-corrected chi connectivity index (χ3v) is 5.52. The number of aromatic nitrogens is 2. The number of hydrogen-bond donors (Lipinski definition) is 1. The molecule has 150 valence electrons. The lowest BCUT2D eigenvalue weighted by Gasteiger charge is -2.27. The van der Waals surface area contributed by atoms with Gasteiger partial charge in [0.25, 0.3) is 0 Å². The second-order valence-corrected chi connectivity index (χ2v) is 7.55. The van der Waals surface area contributed by atoms with Crippen molar-refractivity contribution in [2.45, 2.75) is 6.17 Å². The van der Waals surface area contributed by atoms with Crippen molar-refractivity contribution in [1.82, 2.24) is 19.8 Å². The Morgan fingerprint density at radius 2 is 1.63 bits per heavy atom. The molecule has 0 amide bonds. The average molecular weight is 396 g/mol. The minimum Gasteiger partial charge on any atom is -0.309 e. The third kappa shape index (κ3) is 3.61. The average Bonchev–Trinajstić information content (AvgIpc) is 3.47. The molecule has 1 N–H and O–H groups in total. The van der Waals surface area contributed by atoms with Crippen molar-refractivity contribution in [1.29, 1.82) is 0 Å². The lowest BCUT2D eigenvalue weighted by atomic mass is 10.1. The van der Waals surface area contributed by atoms with Gasteiger partial charge in [0.1, 0.15) is 11.6 Å². The molecule has 1 aliphatic rings. The molecule has 2 aromatic heterocycles. The summed E-state index contributed by atoms with van der Waals surface area (Å²) in [4.78, 5) is 9.53. The monoisotopic (exact) mass is 395 g/mol. The molecule has 30 heavy (non-hydrogen) atoms. The number of rotatable bonds is 5. The summed E-state index contributed by atoms with van der Waals surface area (Å²) in [6.07, 6.45) is 4.27. The maximum Gasteiger partial charge on any atom is 0.140 e. The summed E-state index contributed by atoms with van der Waals surface area (Å²) < 4.78 is 2.03. The van der Waals surface area contributed by atoms with Gasteiger partial charge in [0.15, 0.2) is 0 Å². The van der Waals surface area contributed by atoms with Crippen molar-refractivity contribution >= 4 is 17.2 Å². The highest BCUT2D eigenvalue weighted by molar-refractivity contribution is 5.75. The predicted octanol–water partition coefficient (Wildman–Crippen LogP) is 4.88. The van der Waals surface area contributed by atoms with E-state index < -0.39 is 0 Å². The summed E-state index contributed by atoms with van der Waals surface area (Å²) in [5.74, 6) is 1.78. The van der Waals surface area contributed by atoms with Crippen LogP contribution in [-0.4, -0.2) is 34.6 Å². The van der Waals surface area contributed by atoms with E-state index in [0.29, 0.717) is 0 Å². The number of anilines is 3. The molecule has 1 saturated heterocycles. The minimum atomic E-state index is 0.238. The van der Waals surface area contributed by atoms with E-state index in [2.05, 4.69) is 82.8 Å². The molecule has 1 fully saturated rings. The predicted molar refractivity (Wildman–Crippen MR) is 122 cm³/mol. The van der Waals surface area contributed by atoms with Gasteiger partial charge in [-0.05, 0) is 61.1 Å². The summed E-state index contributed by atoms with van der Waals surface area (Å²) >= 11 is 0. The molecule has 1 atom stereocenters. The molecule has 5 rings (SSSR count). The van der Waals surface area contributed by atoms with Crippen LogP contribution in [0.1, 0.15) is 11.7 Å². The van der Waals surface area contributed by atoms with Crippen LogP contribution in [-0.2, 0) is 0 Å². The van der Waals surface area contributed by atoms with Crippen LogP contribution < -0.4 is 10.2 Å². The lowest BCUT2D eigenvalue weighted by molar-refractivity contribution is 0.301. The summed E-state index contributed by atoms with van der Waals surface area (Å²) in [5.41, 5.74) is 3.44. The van der Waals surface area contributed by atoms with Gasteiger partial charge in [-0.3, -0.25) is 15.1 Å². The molecular weight excluding hydrogens is 370 g/mol. The van der Waals surface area contributed by atoms with E-state index in [4.69, 9.17) is 4.98 Å². The molecule has 0 saturated carbocycles. The van der Waals surface area contributed by atoms with Crippen molar-refractivity contribution in [2.24, 2.45) is 0 Å². The number of likely N-dealkylation sites (N-methyl/N-ethyl adjacent to an activating group) is 1. The Labute approximate surface area is 177 Å². The van der Waals surface area contributed by atoms with E-state index in [1.165, 1.54) is 5.56 Å². The quantitative estimate of drug-likeness (QED) is 0.523. The number of nitrogens with zero attached hydrogens (tertiary/aromatic N) is 4. The zero-order chi connectivity index (χ0) is 20.3. The fourth-order valence-electron chi connectivity index (χ4n) is 4.03. The normalized spacial score (nSPS) is 16.6. The van der Waals surface area contributed by atoms with Crippen LogP contribution in [0.5, 0.6) is 0 Å². The maximum atomic E-state index is 4.97. The summed E-state index contributed by atoms with van der Waals surface area (Å²) in [6.45, 7) is 2.06. The van der Waals surface area contributed by atoms with Gasteiger partial charge in [0.05, 0.1) is 6.17 Å². The lowest BCUT2D eigenvalue weighted by Crippen LogP contribution is -2.24. The Kier molecular flexibility index (Phi) is 5.05. The van der Waals surface area contributed by atoms with Gasteiger partial charge < -0.3 is 4.57 Å². The first kappa shape index (κ1) is 18.6. The summed E-state index contributed by atoms with van der Waals surface area (Å²) in [6, 6.07) is 29.3. The molecule has 1 aliphatic heterocycles. The number of hydrogen-bond acceptors (Lipinski definition) is 4. The molecule has 5 heteroatoms. The van der Waals surface area contributed by atoms with Gasteiger partial charge in [-0.25, -0.2) is 4.98 Å². The Hall–Kier alpha value is -3.41. The van der Waals surface area contributed by atoms with Crippen LogP contribution in [0.4, 0.5) is 17.2 Å². The largest absolute Gasteiger partial charge is 0.309 e. The molecular formula is C25H25N5. The molecule has 3 heterocycles. The van der Waals surface area contributed by atoms with E-state index in [-0.39, 0.29) is 6.17 Å². The van der Waals surface area contributed by atoms with Gasteiger partial charge in [-0.1, -0.05) is 36.4 Å². The zero-order valence-electron chi connectivity index (χ0n) is 17.0.